The third-order valence-electron chi connectivity index (χ3n) is 4.97. The van der Waals surface area contributed by atoms with Gasteiger partial charge in [0.1, 0.15) is 0 Å². The van der Waals surface area contributed by atoms with Crippen molar-refractivity contribution in [3.05, 3.63) is 57.0 Å². The van der Waals surface area contributed by atoms with Gasteiger partial charge < -0.3 is 9.88 Å². The van der Waals surface area contributed by atoms with Crippen LogP contribution in [0, 0.1) is 12.8 Å². The fourth-order valence-corrected chi connectivity index (χ4v) is 3.92. The zero-order valence-electron chi connectivity index (χ0n) is 13.0. The number of hydrogen-bond donors (Lipinski definition) is 1. The number of aryl methyl sites for hydroxylation is 1. The first-order chi connectivity index (χ1) is 10.6. The maximum atomic E-state index is 12.6. The van der Waals surface area contributed by atoms with Gasteiger partial charge in [0.25, 0.3) is 5.56 Å². The molecule has 0 amide bonds. The monoisotopic (exact) mass is 350 g/mol. The minimum Gasteiger partial charge on any atom is -0.316 e. The zero-order chi connectivity index (χ0) is 15.3. The van der Waals surface area contributed by atoms with Crippen LogP contribution in [-0.4, -0.2) is 17.7 Å². The lowest BCUT2D eigenvalue weighted by molar-refractivity contribution is 0.257. The Kier molecular flexibility index (Phi) is 4.54. The number of piperidine rings is 1. The Morgan fingerprint density at radius 3 is 2.78 bits per heavy atom. The largest absolute Gasteiger partial charge is 0.316 e. The van der Waals surface area contributed by atoms with Gasteiger partial charge in [-0.2, -0.15) is 0 Å². The van der Waals surface area contributed by atoms with Crippen molar-refractivity contribution in [2.24, 2.45) is 5.92 Å². The predicted molar refractivity (Wildman–Crippen MR) is 96.9 cm³/mol. The maximum absolute atomic E-state index is 12.6. The number of nitrogens with zero attached hydrogens (tertiary/aromatic N) is 1. The lowest BCUT2D eigenvalue weighted by Gasteiger charge is -2.37. The molecule has 0 unspecified atom stereocenters. The Morgan fingerprint density at radius 2 is 2.00 bits per heavy atom. The molecule has 0 aliphatic carbocycles. The molecule has 4 rings (SSSR count). The first kappa shape index (κ1) is 16.6. The number of fused-ring (bicyclic) bond motifs is 4. The smallest absolute Gasteiger partial charge is 0.251 e. The van der Waals surface area contributed by atoms with Crippen molar-refractivity contribution in [1.29, 1.82) is 0 Å². The summed E-state index contributed by atoms with van der Waals surface area (Å²) in [4.78, 5) is 12.6. The van der Waals surface area contributed by atoms with Crippen molar-refractivity contribution in [2.45, 2.75) is 25.8 Å². The molecule has 0 saturated carbocycles. The standard InChI is InChI=1S/C18H19ClN2O.ClH/c1-11-2-3-13(5-16(11)19)14-6-17-15-4-12(8-20-9-15)10-21(17)18(22)7-14;/h2-3,5-7,12,15,20H,4,8-10H2,1H3;1H/t12-,15+;/m0./s1. The number of pyridine rings is 1. The number of hydrogen-bond acceptors (Lipinski definition) is 2. The van der Waals surface area contributed by atoms with Crippen LogP contribution in [0.3, 0.4) is 0 Å². The van der Waals surface area contributed by atoms with Crippen molar-refractivity contribution in [1.82, 2.24) is 9.88 Å². The first-order valence-electron chi connectivity index (χ1n) is 7.84. The van der Waals surface area contributed by atoms with Crippen LogP contribution in [0.1, 0.15) is 23.6 Å². The van der Waals surface area contributed by atoms with E-state index < -0.39 is 0 Å². The van der Waals surface area contributed by atoms with E-state index in [-0.39, 0.29) is 18.0 Å². The predicted octanol–water partition coefficient (Wildman–Crippen LogP) is 3.61. The van der Waals surface area contributed by atoms with Gasteiger partial charge in [0, 0.05) is 35.8 Å². The quantitative estimate of drug-likeness (QED) is 0.852. The summed E-state index contributed by atoms with van der Waals surface area (Å²) >= 11 is 6.24. The maximum Gasteiger partial charge on any atom is 0.251 e. The van der Waals surface area contributed by atoms with Crippen molar-refractivity contribution in [2.75, 3.05) is 13.1 Å². The minimum atomic E-state index is 0. The summed E-state index contributed by atoms with van der Waals surface area (Å²) in [5.41, 5.74) is 4.33. The topological polar surface area (TPSA) is 34.0 Å². The van der Waals surface area contributed by atoms with Crippen LogP contribution >= 0.6 is 24.0 Å². The Bertz CT molecular complexity index is 800. The molecule has 2 atom stereocenters. The SMILES string of the molecule is Cc1ccc(-c2cc3n(c(=O)c2)C[C@@H]2CNC[C@H]3C2)cc1Cl.Cl. The van der Waals surface area contributed by atoms with Gasteiger partial charge in [-0.15, -0.1) is 12.4 Å². The molecule has 3 heterocycles. The molecule has 122 valence electrons. The minimum absolute atomic E-state index is 0. The average Bonchev–Trinajstić information content (AvgIpc) is 2.51. The molecule has 5 heteroatoms. The fourth-order valence-electron chi connectivity index (χ4n) is 3.74. The summed E-state index contributed by atoms with van der Waals surface area (Å²) in [6.45, 7) is 4.82. The number of rotatable bonds is 1. The molecule has 3 nitrogen and oxygen atoms in total. The molecule has 1 saturated heterocycles. The number of nitrogens with one attached hydrogen (secondary N) is 1. The normalized spacial score (nSPS) is 22.2. The zero-order valence-corrected chi connectivity index (χ0v) is 14.6. The lowest BCUT2D eigenvalue weighted by atomic mass is 9.83. The first-order valence-corrected chi connectivity index (χ1v) is 8.21. The summed E-state index contributed by atoms with van der Waals surface area (Å²) in [7, 11) is 0. The summed E-state index contributed by atoms with van der Waals surface area (Å²) in [5, 5.41) is 4.23. The molecule has 23 heavy (non-hydrogen) atoms. The Balaban J connectivity index is 0.00000156. The van der Waals surface area contributed by atoms with Crippen LogP contribution in [0.15, 0.2) is 35.1 Å². The summed E-state index contributed by atoms with van der Waals surface area (Å²) < 4.78 is 1.97. The van der Waals surface area contributed by atoms with Crippen molar-refractivity contribution < 1.29 is 0 Å². The highest BCUT2D eigenvalue weighted by Crippen LogP contribution is 2.34. The summed E-state index contributed by atoms with van der Waals surface area (Å²) in [6.07, 6.45) is 1.19. The molecule has 2 aromatic rings. The number of aromatic nitrogens is 1. The van der Waals surface area contributed by atoms with Crippen molar-refractivity contribution >= 4 is 24.0 Å². The third-order valence-corrected chi connectivity index (χ3v) is 5.37. The second kappa shape index (κ2) is 6.31. The van der Waals surface area contributed by atoms with Gasteiger partial charge in [0.05, 0.1) is 0 Å². The molecule has 0 spiro atoms. The molecule has 1 aromatic carbocycles. The molecule has 1 aromatic heterocycles. The second-order valence-corrected chi connectivity index (χ2v) is 6.95. The van der Waals surface area contributed by atoms with E-state index in [4.69, 9.17) is 11.6 Å². The summed E-state index contributed by atoms with van der Waals surface area (Å²) in [6, 6.07) is 9.92. The molecule has 0 radical (unpaired) electrons. The van der Waals surface area contributed by atoms with Crippen LogP contribution in [-0.2, 0) is 6.54 Å². The van der Waals surface area contributed by atoms with Crippen molar-refractivity contribution in [3.8, 4) is 11.1 Å². The van der Waals surface area contributed by atoms with Crippen LogP contribution in [0.25, 0.3) is 11.1 Å². The van der Waals surface area contributed by atoms with Gasteiger partial charge in [-0.25, -0.2) is 0 Å². The van der Waals surface area contributed by atoms with E-state index in [1.54, 1.807) is 6.07 Å². The van der Waals surface area contributed by atoms with E-state index >= 15 is 0 Å². The average molecular weight is 351 g/mol. The lowest BCUT2D eigenvalue weighted by Crippen LogP contribution is -2.44. The van der Waals surface area contributed by atoms with Gasteiger partial charge >= 0.3 is 0 Å². The van der Waals surface area contributed by atoms with E-state index in [0.717, 1.165) is 41.3 Å². The van der Waals surface area contributed by atoms with Crippen LogP contribution in [0.2, 0.25) is 5.02 Å². The van der Waals surface area contributed by atoms with E-state index in [1.165, 1.54) is 12.1 Å². The molecule has 1 N–H and O–H groups in total. The van der Waals surface area contributed by atoms with Gasteiger partial charge in [-0.3, -0.25) is 4.79 Å². The molecule has 1 fully saturated rings. The third kappa shape index (κ3) is 2.93. The van der Waals surface area contributed by atoms with Gasteiger partial charge in [-0.1, -0.05) is 23.7 Å². The fraction of sp³-hybridized carbons (Fsp3) is 0.389. The van der Waals surface area contributed by atoms with Crippen LogP contribution < -0.4 is 10.9 Å². The van der Waals surface area contributed by atoms with Gasteiger partial charge in [0.2, 0.25) is 0 Å². The highest BCUT2D eigenvalue weighted by atomic mass is 35.5. The van der Waals surface area contributed by atoms with E-state index in [1.807, 2.05) is 29.7 Å². The number of halogens is 2. The highest BCUT2D eigenvalue weighted by Gasteiger charge is 2.31. The van der Waals surface area contributed by atoms with E-state index in [9.17, 15) is 4.79 Å². The highest BCUT2D eigenvalue weighted by molar-refractivity contribution is 6.31. The Hall–Kier alpha value is -1.29. The molecule has 2 aliphatic heterocycles. The van der Waals surface area contributed by atoms with Gasteiger partial charge in [-0.05, 0) is 54.6 Å². The number of benzene rings is 1. The Labute approximate surface area is 147 Å². The second-order valence-electron chi connectivity index (χ2n) is 6.54. The van der Waals surface area contributed by atoms with E-state index in [2.05, 4.69) is 11.4 Å². The summed E-state index contributed by atoms with van der Waals surface area (Å²) in [5.74, 6) is 1.03. The molecule has 2 bridgehead atoms. The molecule has 2 aliphatic rings. The van der Waals surface area contributed by atoms with Crippen LogP contribution in [0.5, 0.6) is 0 Å². The van der Waals surface area contributed by atoms with E-state index in [0.29, 0.717) is 11.8 Å². The Morgan fingerprint density at radius 1 is 1.17 bits per heavy atom. The van der Waals surface area contributed by atoms with Gasteiger partial charge in [0.15, 0.2) is 0 Å². The van der Waals surface area contributed by atoms with Crippen LogP contribution in [0.4, 0.5) is 0 Å². The van der Waals surface area contributed by atoms with Crippen molar-refractivity contribution in [3.63, 3.8) is 0 Å². The molecular formula is C18H20Cl2N2O. The molecular weight excluding hydrogens is 331 g/mol.